The molecule has 0 unspecified atom stereocenters. The minimum atomic E-state index is -1.04. The summed E-state index contributed by atoms with van der Waals surface area (Å²) >= 11 is 6.01. The molecule has 0 spiro atoms. The van der Waals surface area contributed by atoms with E-state index in [1.165, 1.54) is 0 Å². The molecule has 0 aliphatic rings. The number of hydrogen-bond donors (Lipinski definition) is 3. The van der Waals surface area contributed by atoms with Crippen molar-refractivity contribution in [3.05, 3.63) is 71.1 Å². The highest BCUT2D eigenvalue weighted by molar-refractivity contribution is 6.31. The van der Waals surface area contributed by atoms with Crippen molar-refractivity contribution >= 4 is 46.5 Å². The molecule has 0 aliphatic carbocycles. The Kier molecular flexibility index (Phi) is 6.06. The van der Waals surface area contributed by atoms with Crippen molar-refractivity contribution in [1.29, 1.82) is 0 Å². The van der Waals surface area contributed by atoms with Gasteiger partial charge in [0, 0.05) is 16.8 Å². The number of aliphatic hydroxyl groups is 1. The lowest BCUT2D eigenvalue weighted by molar-refractivity contribution is -0.712. The summed E-state index contributed by atoms with van der Waals surface area (Å²) in [7, 11) is 0. The number of halogens is 1. The smallest absolute Gasteiger partial charge is 0.376 e. The van der Waals surface area contributed by atoms with Gasteiger partial charge in [0.2, 0.25) is 5.58 Å². The molecule has 0 atom stereocenters. The fourth-order valence-corrected chi connectivity index (χ4v) is 2.91. The average molecular weight is 414 g/mol. The topological polar surface area (TPSA) is 86.6 Å². The molecule has 1 aromatic heterocycles. The number of carboxylic acid groups (broad SMARTS) is 1. The van der Waals surface area contributed by atoms with Gasteiger partial charge in [0.05, 0.1) is 6.08 Å². The number of aliphatic hydroxyl groups excluding tert-OH is 1. The first-order chi connectivity index (χ1) is 13.8. The highest BCUT2D eigenvalue weighted by Gasteiger charge is 2.26. The molecule has 0 amide bonds. The number of hydrogen-bond acceptors (Lipinski definition) is 4. The highest BCUT2D eigenvalue weighted by atomic mass is 35.5. The van der Waals surface area contributed by atoms with Crippen molar-refractivity contribution in [3.8, 4) is 0 Å². The Morgan fingerprint density at radius 2 is 1.86 bits per heavy atom. The van der Waals surface area contributed by atoms with Crippen molar-refractivity contribution in [1.82, 2.24) is 0 Å². The van der Waals surface area contributed by atoms with Crippen LogP contribution in [0.1, 0.15) is 25.3 Å². The summed E-state index contributed by atoms with van der Waals surface area (Å²) < 4.78 is 7.37. The largest absolute Gasteiger partial charge is 0.480 e. The number of allylic oxidation sites excluding steroid dienone is 2. The number of aromatic nitrogens is 1. The minimum absolute atomic E-state index is 0.224. The van der Waals surface area contributed by atoms with E-state index in [-0.39, 0.29) is 6.73 Å². The molecule has 6 nitrogen and oxygen atoms in total. The van der Waals surface area contributed by atoms with E-state index in [2.05, 4.69) is 5.32 Å². The van der Waals surface area contributed by atoms with Crippen LogP contribution in [-0.4, -0.2) is 21.7 Å². The zero-order valence-corrected chi connectivity index (χ0v) is 16.8. The van der Waals surface area contributed by atoms with Gasteiger partial charge in [-0.2, -0.15) is 0 Å². The normalized spacial score (nSPS) is 12.3. The lowest BCUT2D eigenvalue weighted by Crippen LogP contribution is -2.39. The van der Waals surface area contributed by atoms with E-state index in [0.29, 0.717) is 16.5 Å². The number of fused-ring (bicyclic) bond motifs is 1. The maximum Gasteiger partial charge on any atom is 0.376 e. The van der Waals surface area contributed by atoms with Crippen LogP contribution in [0.2, 0.25) is 5.02 Å². The summed E-state index contributed by atoms with van der Waals surface area (Å²) in [5.74, 6) is -0.413. The summed E-state index contributed by atoms with van der Waals surface area (Å²) in [5, 5.41) is 22.4. The van der Waals surface area contributed by atoms with E-state index in [1.807, 2.05) is 42.5 Å². The number of anilines is 1. The van der Waals surface area contributed by atoms with Gasteiger partial charge in [0.1, 0.15) is 5.54 Å². The number of carboxylic acids is 1. The fourth-order valence-electron chi connectivity index (χ4n) is 2.74. The molecular weight excluding hydrogens is 392 g/mol. The van der Waals surface area contributed by atoms with Gasteiger partial charge in [-0.15, -0.1) is 4.57 Å². The molecule has 3 aromatic rings. The SMILES string of the molecule is CC(C)(Nc1ccc(C=CC=Cc2oc3ccc(Cl)cc3[n+]2CO)cc1)C(=O)O. The molecule has 0 saturated heterocycles. The minimum Gasteiger partial charge on any atom is -0.480 e. The van der Waals surface area contributed by atoms with Crippen molar-refractivity contribution < 1.29 is 24.0 Å². The number of oxazole rings is 1. The molecule has 29 heavy (non-hydrogen) atoms. The molecule has 3 N–H and O–H groups in total. The third-order valence-electron chi connectivity index (χ3n) is 4.37. The first-order valence-electron chi connectivity index (χ1n) is 8.99. The fraction of sp³-hybridized carbons (Fsp3) is 0.182. The summed E-state index contributed by atoms with van der Waals surface area (Å²) in [6, 6.07) is 12.7. The first kappa shape index (κ1) is 20.6. The molecule has 2 aromatic carbocycles. The zero-order chi connectivity index (χ0) is 21.0. The van der Waals surface area contributed by atoms with Crippen LogP contribution in [0.25, 0.3) is 23.3 Å². The van der Waals surface area contributed by atoms with Gasteiger partial charge in [-0.3, -0.25) is 0 Å². The lowest BCUT2D eigenvalue weighted by atomic mass is 10.1. The van der Waals surface area contributed by atoms with Crippen molar-refractivity contribution in [2.45, 2.75) is 26.1 Å². The molecular formula is C22H22ClN2O4+. The van der Waals surface area contributed by atoms with Crippen LogP contribution < -0.4 is 9.88 Å². The Morgan fingerprint density at radius 1 is 1.17 bits per heavy atom. The van der Waals surface area contributed by atoms with E-state index < -0.39 is 11.5 Å². The van der Waals surface area contributed by atoms with Crippen LogP contribution in [-0.2, 0) is 11.5 Å². The first-order valence-corrected chi connectivity index (χ1v) is 9.37. The van der Waals surface area contributed by atoms with E-state index in [9.17, 15) is 15.0 Å². The van der Waals surface area contributed by atoms with Crippen LogP contribution in [0.3, 0.4) is 0 Å². The second kappa shape index (κ2) is 8.51. The monoisotopic (exact) mass is 413 g/mol. The summed E-state index contributed by atoms with van der Waals surface area (Å²) in [6.45, 7) is 3.00. The maximum atomic E-state index is 11.2. The van der Waals surface area contributed by atoms with Crippen LogP contribution in [0.5, 0.6) is 0 Å². The molecule has 0 saturated carbocycles. The molecule has 0 radical (unpaired) electrons. The number of aliphatic carboxylic acids is 1. The van der Waals surface area contributed by atoms with E-state index >= 15 is 0 Å². The van der Waals surface area contributed by atoms with Gasteiger partial charge >= 0.3 is 11.9 Å². The molecule has 0 aliphatic heterocycles. The zero-order valence-electron chi connectivity index (χ0n) is 16.1. The quantitative estimate of drug-likeness (QED) is 0.396. The summed E-state index contributed by atoms with van der Waals surface area (Å²) in [6.07, 6.45) is 7.33. The Labute approximate surface area is 173 Å². The number of benzene rings is 2. The molecule has 3 rings (SSSR count). The number of nitrogens with zero attached hydrogens (tertiary/aromatic N) is 1. The van der Waals surface area contributed by atoms with Gasteiger partial charge in [0.25, 0.3) is 12.2 Å². The van der Waals surface area contributed by atoms with Gasteiger partial charge in [0.15, 0.2) is 0 Å². The molecule has 0 fully saturated rings. The average Bonchev–Trinajstić information content (AvgIpc) is 3.02. The second-order valence-corrected chi connectivity index (χ2v) is 7.45. The molecule has 150 valence electrons. The number of carbonyl (C=O) groups is 1. The van der Waals surface area contributed by atoms with Crippen LogP contribution in [0.4, 0.5) is 5.69 Å². The Hall–Kier alpha value is -3.09. The Balaban J connectivity index is 1.71. The molecule has 7 heteroatoms. The third-order valence-corrected chi connectivity index (χ3v) is 4.61. The van der Waals surface area contributed by atoms with E-state index in [4.69, 9.17) is 16.0 Å². The van der Waals surface area contributed by atoms with Crippen LogP contribution >= 0.6 is 11.6 Å². The highest BCUT2D eigenvalue weighted by Crippen LogP contribution is 2.20. The van der Waals surface area contributed by atoms with Crippen molar-refractivity contribution in [3.63, 3.8) is 0 Å². The molecule has 1 heterocycles. The number of rotatable bonds is 7. The van der Waals surface area contributed by atoms with Crippen LogP contribution in [0, 0.1) is 0 Å². The number of nitrogens with one attached hydrogen (secondary N) is 1. The van der Waals surface area contributed by atoms with Crippen molar-refractivity contribution in [2.24, 2.45) is 0 Å². The second-order valence-electron chi connectivity index (χ2n) is 7.02. The van der Waals surface area contributed by atoms with Gasteiger partial charge in [-0.1, -0.05) is 42.0 Å². The van der Waals surface area contributed by atoms with Gasteiger partial charge in [-0.25, -0.2) is 4.79 Å². The van der Waals surface area contributed by atoms with E-state index in [0.717, 1.165) is 16.8 Å². The lowest BCUT2D eigenvalue weighted by Gasteiger charge is -2.22. The van der Waals surface area contributed by atoms with Crippen LogP contribution in [0.15, 0.2) is 59.0 Å². The molecule has 0 bridgehead atoms. The van der Waals surface area contributed by atoms with Gasteiger partial charge < -0.3 is 19.9 Å². The Morgan fingerprint density at radius 3 is 2.52 bits per heavy atom. The predicted octanol–water partition coefficient (Wildman–Crippen LogP) is 4.33. The van der Waals surface area contributed by atoms with Crippen molar-refractivity contribution in [2.75, 3.05) is 5.32 Å². The third kappa shape index (κ3) is 4.85. The summed E-state index contributed by atoms with van der Waals surface area (Å²) in [4.78, 5) is 11.2. The summed E-state index contributed by atoms with van der Waals surface area (Å²) in [5.41, 5.74) is 2.00. The van der Waals surface area contributed by atoms with Gasteiger partial charge in [-0.05, 0) is 43.7 Å². The van der Waals surface area contributed by atoms with E-state index in [1.54, 1.807) is 42.7 Å². The standard InChI is InChI=1S/C22H21ClN2O4/c1-22(2,21(27)28)24-17-10-7-15(8-11-17)5-3-4-6-20-25(14-26)18-13-16(23)9-12-19(18)29-20/h3-13,26H,14H2,1-2H3,(H,27,28)/p+1. The predicted molar refractivity (Wildman–Crippen MR) is 113 cm³/mol. The maximum absolute atomic E-state index is 11.2. The Bertz CT molecular complexity index is 1080.